The van der Waals surface area contributed by atoms with Crippen LogP contribution in [0, 0.1) is 0 Å². The van der Waals surface area contributed by atoms with E-state index in [1.807, 2.05) is 41.3 Å². The van der Waals surface area contributed by atoms with Gasteiger partial charge in [-0.15, -0.1) is 0 Å². The minimum Gasteiger partial charge on any atom is -0.466 e. The summed E-state index contributed by atoms with van der Waals surface area (Å²) in [6.45, 7) is 1.25. The van der Waals surface area contributed by atoms with Gasteiger partial charge >= 0.3 is 5.97 Å². The lowest BCUT2D eigenvalue weighted by Gasteiger charge is -2.20. The summed E-state index contributed by atoms with van der Waals surface area (Å²) in [4.78, 5) is 25.6. The molecule has 0 saturated heterocycles. The molecule has 0 saturated carbocycles. The first-order valence-corrected chi connectivity index (χ1v) is 8.53. The van der Waals surface area contributed by atoms with Gasteiger partial charge in [0.05, 0.1) is 13.2 Å². The highest BCUT2D eigenvalue weighted by atomic mass is 16.5. The summed E-state index contributed by atoms with van der Waals surface area (Å²) in [6, 6.07) is 15.1. The van der Waals surface area contributed by atoms with E-state index in [4.69, 9.17) is 5.73 Å². The van der Waals surface area contributed by atoms with Gasteiger partial charge in [-0.3, -0.25) is 4.79 Å². The molecule has 134 valence electrons. The molecule has 5 nitrogen and oxygen atoms in total. The Bertz CT molecular complexity index is 802. The van der Waals surface area contributed by atoms with Crippen molar-refractivity contribution < 1.29 is 14.3 Å². The number of nitrogens with zero attached hydrogens (tertiary/aromatic N) is 1. The molecule has 1 heterocycles. The molecular formula is C21H22N2O3. The van der Waals surface area contributed by atoms with Crippen molar-refractivity contribution >= 4 is 18.0 Å². The SMILES string of the molecule is COC(=O)/C=C/c1ccc(C[C@@H](N)C(=O)N2Cc3ccccc3C2)cc1. The number of carbonyl (C=O) groups is 2. The van der Waals surface area contributed by atoms with E-state index < -0.39 is 12.0 Å². The lowest BCUT2D eigenvalue weighted by atomic mass is 10.0. The number of methoxy groups -OCH3 is 1. The Morgan fingerprint density at radius 1 is 1.12 bits per heavy atom. The number of hydrogen-bond acceptors (Lipinski definition) is 4. The fraction of sp³-hybridized carbons (Fsp3) is 0.238. The highest BCUT2D eigenvalue weighted by Gasteiger charge is 2.26. The number of benzene rings is 2. The summed E-state index contributed by atoms with van der Waals surface area (Å²) < 4.78 is 4.56. The molecule has 1 atom stereocenters. The monoisotopic (exact) mass is 350 g/mol. The second kappa shape index (κ2) is 7.97. The van der Waals surface area contributed by atoms with Crippen molar-refractivity contribution in [3.8, 4) is 0 Å². The minimum absolute atomic E-state index is 0.0316. The molecule has 1 amide bonds. The largest absolute Gasteiger partial charge is 0.466 e. The third-order valence-corrected chi connectivity index (χ3v) is 4.52. The molecule has 0 radical (unpaired) electrons. The molecule has 2 aromatic carbocycles. The Kier molecular flexibility index (Phi) is 5.49. The Hall–Kier alpha value is -2.92. The maximum absolute atomic E-state index is 12.6. The van der Waals surface area contributed by atoms with E-state index in [1.165, 1.54) is 24.3 Å². The summed E-state index contributed by atoms with van der Waals surface area (Å²) in [5.41, 5.74) is 10.4. The fourth-order valence-electron chi connectivity index (χ4n) is 3.06. The van der Waals surface area contributed by atoms with E-state index in [0.717, 1.165) is 11.1 Å². The average molecular weight is 350 g/mol. The highest BCUT2D eigenvalue weighted by molar-refractivity contribution is 5.87. The predicted molar refractivity (Wildman–Crippen MR) is 99.9 cm³/mol. The normalized spacial score (nSPS) is 14.3. The molecule has 0 spiro atoms. The number of rotatable bonds is 5. The van der Waals surface area contributed by atoms with E-state index in [2.05, 4.69) is 16.9 Å². The summed E-state index contributed by atoms with van der Waals surface area (Å²) in [6.07, 6.45) is 3.53. The highest BCUT2D eigenvalue weighted by Crippen LogP contribution is 2.23. The van der Waals surface area contributed by atoms with Crippen LogP contribution in [0.3, 0.4) is 0 Å². The zero-order valence-corrected chi connectivity index (χ0v) is 14.7. The lowest BCUT2D eigenvalue weighted by Crippen LogP contribution is -2.42. The minimum atomic E-state index is -0.569. The van der Waals surface area contributed by atoms with Crippen molar-refractivity contribution in [2.24, 2.45) is 5.73 Å². The van der Waals surface area contributed by atoms with Gasteiger partial charge in [0.25, 0.3) is 0 Å². The quantitative estimate of drug-likeness (QED) is 0.663. The Morgan fingerprint density at radius 2 is 1.73 bits per heavy atom. The lowest BCUT2D eigenvalue weighted by molar-refractivity contribution is -0.135. The van der Waals surface area contributed by atoms with E-state index in [9.17, 15) is 9.59 Å². The van der Waals surface area contributed by atoms with Gasteiger partial charge in [0.2, 0.25) is 5.91 Å². The van der Waals surface area contributed by atoms with Crippen LogP contribution in [0.4, 0.5) is 0 Å². The molecule has 0 aromatic heterocycles. The average Bonchev–Trinajstić information content (AvgIpc) is 3.10. The summed E-state index contributed by atoms with van der Waals surface area (Å²) >= 11 is 0. The molecule has 0 fully saturated rings. The van der Waals surface area contributed by atoms with Gasteiger partial charge in [-0.1, -0.05) is 48.5 Å². The van der Waals surface area contributed by atoms with E-state index in [1.54, 1.807) is 6.08 Å². The van der Waals surface area contributed by atoms with Crippen LogP contribution in [-0.4, -0.2) is 29.9 Å². The number of carbonyl (C=O) groups excluding carboxylic acids is 2. The smallest absolute Gasteiger partial charge is 0.330 e. The van der Waals surface area contributed by atoms with Crippen LogP contribution >= 0.6 is 0 Å². The second-order valence-corrected chi connectivity index (χ2v) is 6.37. The maximum atomic E-state index is 12.6. The maximum Gasteiger partial charge on any atom is 0.330 e. The Balaban J connectivity index is 1.58. The van der Waals surface area contributed by atoms with Gasteiger partial charge in [0, 0.05) is 19.2 Å². The molecule has 0 aliphatic carbocycles. The first kappa shape index (κ1) is 17.9. The number of amides is 1. The first-order chi connectivity index (χ1) is 12.6. The first-order valence-electron chi connectivity index (χ1n) is 8.53. The van der Waals surface area contributed by atoms with Gasteiger partial charge in [-0.25, -0.2) is 4.79 Å². The molecule has 0 bridgehead atoms. The Morgan fingerprint density at radius 3 is 2.31 bits per heavy atom. The van der Waals surface area contributed by atoms with Gasteiger partial charge < -0.3 is 15.4 Å². The van der Waals surface area contributed by atoms with Crippen LogP contribution < -0.4 is 5.73 Å². The van der Waals surface area contributed by atoms with E-state index in [-0.39, 0.29) is 5.91 Å². The van der Waals surface area contributed by atoms with Crippen molar-refractivity contribution in [1.82, 2.24) is 4.90 Å². The fourth-order valence-corrected chi connectivity index (χ4v) is 3.06. The van der Waals surface area contributed by atoms with E-state index in [0.29, 0.717) is 19.5 Å². The summed E-state index contributed by atoms with van der Waals surface area (Å²) in [5, 5.41) is 0. The topological polar surface area (TPSA) is 72.6 Å². The number of hydrogen-bond donors (Lipinski definition) is 1. The summed E-state index contributed by atoms with van der Waals surface area (Å²) in [7, 11) is 1.34. The van der Waals surface area contributed by atoms with Crippen LogP contribution in [0.2, 0.25) is 0 Å². The van der Waals surface area contributed by atoms with Crippen LogP contribution in [-0.2, 0) is 33.8 Å². The number of fused-ring (bicyclic) bond motifs is 1. The third kappa shape index (κ3) is 4.18. The van der Waals surface area contributed by atoms with Crippen LogP contribution in [0.5, 0.6) is 0 Å². The van der Waals surface area contributed by atoms with E-state index >= 15 is 0 Å². The molecule has 5 heteroatoms. The van der Waals surface area contributed by atoms with Crippen LogP contribution in [0.25, 0.3) is 6.08 Å². The molecule has 2 aromatic rings. The molecular weight excluding hydrogens is 328 g/mol. The van der Waals surface area contributed by atoms with Crippen molar-refractivity contribution in [3.05, 3.63) is 76.9 Å². The number of esters is 1. The number of nitrogens with two attached hydrogens (primary N) is 1. The standard InChI is InChI=1S/C21H22N2O3/c1-26-20(24)11-10-15-6-8-16(9-7-15)12-19(22)21(25)23-13-17-4-2-3-5-18(17)14-23/h2-11,19H,12-14,22H2,1H3/b11-10+/t19-/m1/s1. The van der Waals surface area contributed by atoms with Gasteiger partial charge in [0.1, 0.15) is 0 Å². The van der Waals surface area contributed by atoms with Crippen molar-refractivity contribution in [2.45, 2.75) is 25.6 Å². The zero-order chi connectivity index (χ0) is 18.5. The third-order valence-electron chi connectivity index (χ3n) is 4.52. The van der Waals surface area contributed by atoms with Crippen molar-refractivity contribution in [1.29, 1.82) is 0 Å². The number of ether oxygens (including phenoxy) is 1. The molecule has 1 aliphatic heterocycles. The predicted octanol–water partition coefficient (Wildman–Crippen LogP) is 2.29. The van der Waals surface area contributed by atoms with Gasteiger partial charge in [-0.2, -0.15) is 0 Å². The molecule has 3 rings (SSSR count). The Labute approximate surface area is 153 Å². The van der Waals surface area contributed by atoms with Crippen molar-refractivity contribution in [2.75, 3.05) is 7.11 Å². The molecule has 26 heavy (non-hydrogen) atoms. The summed E-state index contributed by atoms with van der Waals surface area (Å²) in [5.74, 6) is -0.427. The second-order valence-electron chi connectivity index (χ2n) is 6.37. The zero-order valence-electron chi connectivity index (χ0n) is 14.7. The van der Waals surface area contributed by atoms with Crippen molar-refractivity contribution in [3.63, 3.8) is 0 Å². The molecule has 0 unspecified atom stereocenters. The molecule has 2 N–H and O–H groups in total. The van der Waals surface area contributed by atoms with Gasteiger partial charge in [0.15, 0.2) is 0 Å². The molecule has 1 aliphatic rings. The van der Waals surface area contributed by atoms with Gasteiger partial charge in [-0.05, 0) is 34.8 Å². The van der Waals surface area contributed by atoms with Crippen LogP contribution in [0.15, 0.2) is 54.6 Å². The van der Waals surface area contributed by atoms with Crippen LogP contribution in [0.1, 0.15) is 22.3 Å².